The van der Waals surface area contributed by atoms with E-state index in [0.717, 1.165) is 18.2 Å². The van der Waals surface area contributed by atoms with Crippen LogP contribution in [0.2, 0.25) is 0 Å². The summed E-state index contributed by atoms with van der Waals surface area (Å²) in [7, 11) is 2.80. The molecule has 6 nitrogen and oxygen atoms in total. The molecule has 0 heterocycles. The number of ether oxygens (including phenoxy) is 2. The highest BCUT2D eigenvalue weighted by Crippen LogP contribution is 2.31. The third-order valence-corrected chi connectivity index (χ3v) is 3.31. The predicted octanol–water partition coefficient (Wildman–Crippen LogP) is 3.30. The summed E-state index contributed by atoms with van der Waals surface area (Å²) in [4.78, 5) is 24.0. The van der Waals surface area contributed by atoms with Gasteiger partial charge in [-0.15, -0.1) is 0 Å². The van der Waals surface area contributed by atoms with Crippen LogP contribution in [0.25, 0.3) is 0 Å². The van der Waals surface area contributed by atoms with Gasteiger partial charge in [0.25, 0.3) is 0 Å². The van der Waals surface area contributed by atoms with Crippen molar-refractivity contribution >= 4 is 23.2 Å². The van der Waals surface area contributed by atoms with Gasteiger partial charge < -0.3 is 20.1 Å². The highest BCUT2D eigenvalue weighted by Gasteiger charge is 2.30. The van der Waals surface area contributed by atoms with Crippen molar-refractivity contribution in [2.45, 2.75) is 6.18 Å². The van der Waals surface area contributed by atoms with Gasteiger partial charge in [0.15, 0.2) is 0 Å². The third-order valence-electron chi connectivity index (χ3n) is 3.31. The minimum Gasteiger partial charge on any atom is -0.497 e. The maximum Gasteiger partial charge on any atom is 0.416 e. The molecule has 2 N–H and O–H groups in total. The second-order valence-electron chi connectivity index (χ2n) is 5.05. The molecular weight excluding hydrogens is 353 g/mol. The predicted molar refractivity (Wildman–Crippen MR) is 88.2 cm³/mol. The first-order valence-corrected chi connectivity index (χ1v) is 7.26. The molecule has 0 bridgehead atoms. The summed E-state index contributed by atoms with van der Waals surface area (Å²) in [6.07, 6.45) is -4.56. The van der Waals surface area contributed by atoms with Gasteiger partial charge in [-0.1, -0.05) is 6.07 Å². The highest BCUT2D eigenvalue weighted by molar-refractivity contribution is 6.43. The number of hydrogen-bond acceptors (Lipinski definition) is 4. The third kappa shape index (κ3) is 4.65. The minimum absolute atomic E-state index is 0.155. The highest BCUT2D eigenvalue weighted by atomic mass is 19.4. The summed E-state index contributed by atoms with van der Waals surface area (Å²) in [6.45, 7) is 0. The van der Waals surface area contributed by atoms with E-state index in [2.05, 4.69) is 10.6 Å². The van der Waals surface area contributed by atoms with Crippen LogP contribution < -0.4 is 20.1 Å². The number of carbonyl (C=O) groups is 2. The number of amides is 2. The van der Waals surface area contributed by atoms with Crippen molar-refractivity contribution in [2.75, 3.05) is 24.9 Å². The number of alkyl halides is 3. The monoisotopic (exact) mass is 368 g/mol. The summed E-state index contributed by atoms with van der Waals surface area (Å²) in [5, 5.41) is 4.44. The summed E-state index contributed by atoms with van der Waals surface area (Å²) < 4.78 is 48.2. The van der Waals surface area contributed by atoms with Crippen molar-refractivity contribution in [1.82, 2.24) is 0 Å². The fourth-order valence-corrected chi connectivity index (χ4v) is 2.05. The summed E-state index contributed by atoms with van der Waals surface area (Å²) in [5.41, 5.74) is -0.918. The van der Waals surface area contributed by atoms with E-state index in [9.17, 15) is 22.8 Å². The Labute approximate surface area is 146 Å². The Bertz CT molecular complexity index is 822. The standard InChI is InChI=1S/C17H15F3N2O4/c1-25-12-6-7-14(26-2)13(9-12)22-16(24)15(23)21-11-5-3-4-10(8-11)17(18,19)20/h3-9H,1-2H3,(H,21,23)(H,22,24). The number of benzene rings is 2. The zero-order chi connectivity index (χ0) is 19.3. The molecule has 9 heteroatoms. The molecule has 0 aromatic heterocycles. The van der Waals surface area contributed by atoms with Gasteiger partial charge in [-0.2, -0.15) is 13.2 Å². The van der Waals surface area contributed by atoms with Gasteiger partial charge in [-0.25, -0.2) is 0 Å². The molecule has 2 amide bonds. The van der Waals surface area contributed by atoms with E-state index in [0.29, 0.717) is 5.75 Å². The molecule has 26 heavy (non-hydrogen) atoms. The van der Waals surface area contributed by atoms with Gasteiger partial charge in [0.05, 0.1) is 25.5 Å². The molecule has 138 valence electrons. The van der Waals surface area contributed by atoms with Crippen LogP contribution >= 0.6 is 0 Å². The van der Waals surface area contributed by atoms with Gasteiger partial charge in [-0.3, -0.25) is 9.59 Å². The molecule has 0 aliphatic rings. The maximum atomic E-state index is 12.7. The first-order chi connectivity index (χ1) is 12.2. The molecular formula is C17H15F3N2O4. The Hall–Kier alpha value is -3.23. The second-order valence-corrected chi connectivity index (χ2v) is 5.05. The molecule has 0 unspecified atom stereocenters. The molecule has 2 aromatic carbocycles. The maximum absolute atomic E-state index is 12.7. The Morgan fingerprint density at radius 2 is 1.62 bits per heavy atom. The molecule has 0 radical (unpaired) electrons. The number of hydrogen-bond donors (Lipinski definition) is 2. The van der Waals surface area contributed by atoms with Crippen LogP contribution in [0.1, 0.15) is 5.56 Å². The Morgan fingerprint density at radius 3 is 2.23 bits per heavy atom. The first-order valence-electron chi connectivity index (χ1n) is 7.26. The number of nitrogens with one attached hydrogen (secondary N) is 2. The molecule has 0 fully saturated rings. The average molecular weight is 368 g/mol. The smallest absolute Gasteiger partial charge is 0.416 e. The summed E-state index contributed by atoms with van der Waals surface area (Å²) in [5.74, 6) is -1.51. The van der Waals surface area contributed by atoms with Crippen LogP contribution in [-0.4, -0.2) is 26.0 Å². The number of halogens is 3. The van der Waals surface area contributed by atoms with E-state index in [-0.39, 0.29) is 17.1 Å². The minimum atomic E-state index is -4.56. The van der Waals surface area contributed by atoms with Gasteiger partial charge >= 0.3 is 18.0 Å². The van der Waals surface area contributed by atoms with Crippen LogP contribution in [0.3, 0.4) is 0 Å². The largest absolute Gasteiger partial charge is 0.497 e. The molecule has 2 aromatic rings. The molecule has 0 spiro atoms. The van der Waals surface area contributed by atoms with Crippen LogP contribution in [0, 0.1) is 0 Å². The fraction of sp³-hybridized carbons (Fsp3) is 0.176. The zero-order valence-electron chi connectivity index (χ0n) is 13.8. The van der Waals surface area contributed by atoms with E-state index in [1.54, 1.807) is 6.07 Å². The lowest BCUT2D eigenvalue weighted by molar-refractivity contribution is -0.137. The molecule has 2 rings (SSSR count). The summed E-state index contributed by atoms with van der Waals surface area (Å²) in [6, 6.07) is 8.52. The van der Waals surface area contributed by atoms with Gasteiger partial charge in [-0.05, 0) is 30.3 Å². The van der Waals surface area contributed by atoms with Crippen molar-refractivity contribution in [3.8, 4) is 11.5 Å². The molecule has 0 aliphatic heterocycles. The Balaban J connectivity index is 2.13. The van der Waals surface area contributed by atoms with E-state index < -0.39 is 23.6 Å². The van der Waals surface area contributed by atoms with Crippen LogP contribution in [0.4, 0.5) is 24.5 Å². The zero-order valence-corrected chi connectivity index (χ0v) is 13.8. The Morgan fingerprint density at radius 1 is 0.923 bits per heavy atom. The number of anilines is 2. The van der Waals surface area contributed by atoms with Crippen molar-refractivity contribution in [3.63, 3.8) is 0 Å². The van der Waals surface area contributed by atoms with Crippen molar-refractivity contribution < 1.29 is 32.2 Å². The lowest BCUT2D eigenvalue weighted by Gasteiger charge is -2.12. The van der Waals surface area contributed by atoms with E-state index in [1.807, 2.05) is 0 Å². The van der Waals surface area contributed by atoms with E-state index in [1.165, 1.54) is 32.4 Å². The lowest BCUT2D eigenvalue weighted by atomic mass is 10.2. The van der Waals surface area contributed by atoms with Crippen LogP contribution in [0.15, 0.2) is 42.5 Å². The molecule has 0 atom stereocenters. The van der Waals surface area contributed by atoms with Crippen molar-refractivity contribution in [2.24, 2.45) is 0 Å². The fourth-order valence-electron chi connectivity index (χ4n) is 2.05. The molecule has 0 saturated carbocycles. The van der Waals surface area contributed by atoms with E-state index >= 15 is 0 Å². The molecule has 0 aliphatic carbocycles. The Kier molecular flexibility index (Phi) is 5.71. The second kappa shape index (κ2) is 7.77. The van der Waals surface area contributed by atoms with Gasteiger partial charge in [0.2, 0.25) is 0 Å². The van der Waals surface area contributed by atoms with Gasteiger partial charge in [0.1, 0.15) is 11.5 Å². The topological polar surface area (TPSA) is 76.7 Å². The van der Waals surface area contributed by atoms with Gasteiger partial charge in [0, 0.05) is 11.8 Å². The van der Waals surface area contributed by atoms with Crippen LogP contribution in [-0.2, 0) is 15.8 Å². The quantitative estimate of drug-likeness (QED) is 0.812. The number of carbonyl (C=O) groups excluding carboxylic acids is 2. The molecule has 0 saturated heterocycles. The summed E-state index contributed by atoms with van der Waals surface area (Å²) >= 11 is 0. The lowest BCUT2D eigenvalue weighted by Crippen LogP contribution is -2.29. The first kappa shape index (κ1) is 19.1. The normalized spacial score (nSPS) is 10.8. The average Bonchev–Trinajstić information content (AvgIpc) is 2.61. The van der Waals surface area contributed by atoms with Crippen LogP contribution in [0.5, 0.6) is 11.5 Å². The van der Waals surface area contributed by atoms with Crippen molar-refractivity contribution in [3.05, 3.63) is 48.0 Å². The number of rotatable bonds is 4. The van der Waals surface area contributed by atoms with Crippen molar-refractivity contribution in [1.29, 1.82) is 0 Å². The number of methoxy groups -OCH3 is 2. The van der Waals surface area contributed by atoms with E-state index in [4.69, 9.17) is 9.47 Å². The SMILES string of the molecule is COc1ccc(OC)c(NC(=O)C(=O)Nc2cccc(C(F)(F)F)c2)c1.